The zero-order valence-corrected chi connectivity index (χ0v) is 10.4. The number of rotatable bonds is 3. The molecule has 0 unspecified atom stereocenters. The minimum absolute atomic E-state index is 0.544. The molecule has 0 saturated heterocycles. The molecule has 0 aliphatic heterocycles. The van der Waals surface area contributed by atoms with Crippen molar-refractivity contribution < 1.29 is 5.21 Å². The SMILES string of the molecule is CN(C)c1ccc(/C(=N\O)c2ccncc2)cc1. The highest BCUT2D eigenvalue weighted by Gasteiger charge is 2.07. The van der Waals surface area contributed by atoms with Gasteiger partial charge in [-0.3, -0.25) is 4.98 Å². The van der Waals surface area contributed by atoms with E-state index < -0.39 is 0 Å². The van der Waals surface area contributed by atoms with Crippen LogP contribution in [-0.4, -0.2) is 30.0 Å². The Labute approximate surface area is 106 Å². The van der Waals surface area contributed by atoms with Crippen LogP contribution in [0.25, 0.3) is 0 Å². The summed E-state index contributed by atoms with van der Waals surface area (Å²) in [4.78, 5) is 5.97. The topological polar surface area (TPSA) is 48.7 Å². The monoisotopic (exact) mass is 241 g/mol. The maximum Gasteiger partial charge on any atom is 0.117 e. The van der Waals surface area contributed by atoms with Gasteiger partial charge in [0.15, 0.2) is 0 Å². The number of benzene rings is 1. The molecule has 0 radical (unpaired) electrons. The van der Waals surface area contributed by atoms with Gasteiger partial charge in [0.25, 0.3) is 0 Å². The van der Waals surface area contributed by atoms with E-state index >= 15 is 0 Å². The molecule has 2 aromatic rings. The molecular formula is C14H15N3O. The number of nitrogens with zero attached hydrogens (tertiary/aromatic N) is 3. The summed E-state index contributed by atoms with van der Waals surface area (Å²) in [5.74, 6) is 0. The second kappa shape index (κ2) is 5.31. The average molecular weight is 241 g/mol. The van der Waals surface area contributed by atoms with Crippen LogP contribution in [0.15, 0.2) is 53.9 Å². The Morgan fingerprint density at radius 3 is 2.06 bits per heavy atom. The van der Waals surface area contributed by atoms with Crippen LogP contribution in [0.4, 0.5) is 5.69 Å². The largest absolute Gasteiger partial charge is 0.410 e. The zero-order valence-electron chi connectivity index (χ0n) is 10.4. The fourth-order valence-corrected chi connectivity index (χ4v) is 1.71. The van der Waals surface area contributed by atoms with E-state index in [2.05, 4.69) is 10.1 Å². The van der Waals surface area contributed by atoms with Crippen molar-refractivity contribution in [3.63, 3.8) is 0 Å². The molecule has 1 aromatic carbocycles. The second-order valence-corrected chi connectivity index (χ2v) is 4.13. The Morgan fingerprint density at radius 2 is 1.56 bits per heavy atom. The van der Waals surface area contributed by atoms with E-state index in [1.165, 1.54) is 0 Å². The molecule has 0 bridgehead atoms. The highest BCUT2D eigenvalue weighted by atomic mass is 16.4. The zero-order chi connectivity index (χ0) is 13.0. The van der Waals surface area contributed by atoms with Crippen molar-refractivity contribution in [1.29, 1.82) is 0 Å². The Morgan fingerprint density at radius 1 is 1.00 bits per heavy atom. The van der Waals surface area contributed by atoms with E-state index in [-0.39, 0.29) is 0 Å². The predicted molar refractivity (Wildman–Crippen MR) is 72.4 cm³/mol. The molecular weight excluding hydrogens is 226 g/mol. The summed E-state index contributed by atoms with van der Waals surface area (Å²) < 4.78 is 0. The van der Waals surface area contributed by atoms with E-state index in [1.54, 1.807) is 12.4 Å². The van der Waals surface area contributed by atoms with Gasteiger partial charge < -0.3 is 10.1 Å². The minimum Gasteiger partial charge on any atom is -0.410 e. The number of pyridine rings is 1. The molecule has 4 heteroatoms. The Hall–Kier alpha value is -2.36. The fourth-order valence-electron chi connectivity index (χ4n) is 1.71. The lowest BCUT2D eigenvalue weighted by Gasteiger charge is -2.13. The summed E-state index contributed by atoms with van der Waals surface area (Å²) in [6, 6.07) is 11.5. The van der Waals surface area contributed by atoms with Gasteiger partial charge in [0, 0.05) is 43.3 Å². The van der Waals surface area contributed by atoms with Crippen LogP contribution >= 0.6 is 0 Å². The summed E-state index contributed by atoms with van der Waals surface area (Å²) >= 11 is 0. The third-order valence-corrected chi connectivity index (χ3v) is 2.71. The third-order valence-electron chi connectivity index (χ3n) is 2.71. The lowest BCUT2D eigenvalue weighted by atomic mass is 10.0. The molecule has 1 heterocycles. The van der Waals surface area contributed by atoms with Crippen LogP contribution in [0, 0.1) is 0 Å². The van der Waals surface area contributed by atoms with E-state index in [4.69, 9.17) is 5.21 Å². The van der Waals surface area contributed by atoms with Crippen molar-refractivity contribution >= 4 is 11.4 Å². The summed E-state index contributed by atoms with van der Waals surface area (Å²) in [5.41, 5.74) is 3.35. The van der Waals surface area contributed by atoms with E-state index in [0.717, 1.165) is 16.8 Å². The van der Waals surface area contributed by atoms with Crippen molar-refractivity contribution in [2.75, 3.05) is 19.0 Å². The molecule has 92 valence electrons. The predicted octanol–water partition coefficient (Wildman–Crippen LogP) is 2.37. The smallest absolute Gasteiger partial charge is 0.117 e. The van der Waals surface area contributed by atoms with Crippen molar-refractivity contribution in [1.82, 2.24) is 4.98 Å². The van der Waals surface area contributed by atoms with Gasteiger partial charge in [0.2, 0.25) is 0 Å². The van der Waals surface area contributed by atoms with E-state index in [9.17, 15) is 0 Å². The molecule has 0 spiro atoms. The van der Waals surface area contributed by atoms with Gasteiger partial charge in [-0.15, -0.1) is 0 Å². The van der Waals surface area contributed by atoms with Gasteiger partial charge in [0.1, 0.15) is 5.71 Å². The Balaban J connectivity index is 2.35. The molecule has 18 heavy (non-hydrogen) atoms. The fraction of sp³-hybridized carbons (Fsp3) is 0.143. The summed E-state index contributed by atoms with van der Waals surface area (Å²) in [6.07, 6.45) is 3.35. The Bertz CT molecular complexity index is 533. The number of hydrogen-bond acceptors (Lipinski definition) is 4. The molecule has 0 atom stereocenters. The van der Waals surface area contributed by atoms with Crippen LogP contribution in [0.2, 0.25) is 0 Å². The molecule has 0 amide bonds. The molecule has 1 N–H and O–H groups in total. The molecule has 4 nitrogen and oxygen atoms in total. The summed E-state index contributed by atoms with van der Waals surface area (Å²) in [6.45, 7) is 0. The number of aromatic nitrogens is 1. The second-order valence-electron chi connectivity index (χ2n) is 4.13. The standard InChI is InChI=1S/C14H15N3O/c1-17(2)13-5-3-11(4-6-13)14(16-18)12-7-9-15-10-8-12/h3-10,18H,1-2H3/b16-14+. The third kappa shape index (κ3) is 2.48. The lowest BCUT2D eigenvalue weighted by molar-refractivity contribution is 0.319. The van der Waals surface area contributed by atoms with Crippen LogP contribution in [0.1, 0.15) is 11.1 Å². The van der Waals surface area contributed by atoms with Crippen molar-refractivity contribution in [3.05, 3.63) is 59.9 Å². The molecule has 2 rings (SSSR count). The van der Waals surface area contributed by atoms with Crippen LogP contribution in [-0.2, 0) is 0 Å². The molecule has 1 aromatic heterocycles. The van der Waals surface area contributed by atoms with Gasteiger partial charge in [-0.05, 0) is 24.3 Å². The van der Waals surface area contributed by atoms with Crippen molar-refractivity contribution in [2.45, 2.75) is 0 Å². The van der Waals surface area contributed by atoms with Gasteiger partial charge in [-0.2, -0.15) is 0 Å². The van der Waals surface area contributed by atoms with E-state index in [0.29, 0.717) is 5.71 Å². The van der Waals surface area contributed by atoms with Crippen molar-refractivity contribution in [3.8, 4) is 0 Å². The highest BCUT2D eigenvalue weighted by molar-refractivity contribution is 6.12. The number of anilines is 1. The maximum atomic E-state index is 9.17. The quantitative estimate of drug-likeness (QED) is 0.510. The average Bonchev–Trinajstić information content (AvgIpc) is 2.41. The first-order chi connectivity index (χ1) is 8.72. The first-order valence-electron chi connectivity index (χ1n) is 5.62. The molecule has 0 fully saturated rings. The highest BCUT2D eigenvalue weighted by Crippen LogP contribution is 2.15. The van der Waals surface area contributed by atoms with Gasteiger partial charge in [-0.25, -0.2) is 0 Å². The van der Waals surface area contributed by atoms with Crippen LogP contribution in [0.3, 0.4) is 0 Å². The Kier molecular flexibility index (Phi) is 3.57. The first kappa shape index (κ1) is 12.1. The van der Waals surface area contributed by atoms with Gasteiger partial charge >= 0.3 is 0 Å². The van der Waals surface area contributed by atoms with Gasteiger partial charge in [0.05, 0.1) is 0 Å². The number of oxime groups is 1. The van der Waals surface area contributed by atoms with Crippen molar-refractivity contribution in [2.24, 2.45) is 5.16 Å². The normalized spacial score (nSPS) is 11.3. The minimum atomic E-state index is 0.544. The summed E-state index contributed by atoms with van der Waals surface area (Å²) in [5, 5.41) is 12.5. The van der Waals surface area contributed by atoms with Gasteiger partial charge in [-0.1, -0.05) is 17.3 Å². The van der Waals surface area contributed by atoms with Crippen LogP contribution in [0.5, 0.6) is 0 Å². The molecule has 0 aliphatic carbocycles. The number of hydrogen-bond donors (Lipinski definition) is 1. The maximum absolute atomic E-state index is 9.17. The molecule has 0 aliphatic rings. The molecule has 0 saturated carbocycles. The van der Waals surface area contributed by atoms with Crippen LogP contribution < -0.4 is 4.90 Å². The lowest BCUT2D eigenvalue weighted by Crippen LogP contribution is -2.09. The summed E-state index contributed by atoms with van der Waals surface area (Å²) in [7, 11) is 3.97. The van der Waals surface area contributed by atoms with E-state index in [1.807, 2.05) is 55.4 Å². The first-order valence-corrected chi connectivity index (χ1v) is 5.62.